The fourth-order valence-corrected chi connectivity index (χ4v) is 2.92. The number of hydrogen-bond donors (Lipinski definition) is 2. The number of nitrogens with one attached hydrogen (secondary N) is 2. The number of para-hydroxylation sites is 1. The van der Waals surface area contributed by atoms with Crippen LogP contribution in [0, 0.1) is 0 Å². The van der Waals surface area contributed by atoms with E-state index in [1.165, 1.54) is 31.2 Å². The lowest BCUT2D eigenvalue weighted by Gasteiger charge is -2.13. The lowest BCUT2D eigenvalue weighted by Crippen LogP contribution is -2.30. The number of thioether (sulfide) groups is 1. The van der Waals surface area contributed by atoms with Gasteiger partial charge in [0.2, 0.25) is 0 Å². The number of amides is 1. The third-order valence-electron chi connectivity index (χ3n) is 3.75. The predicted molar refractivity (Wildman–Crippen MR) is 100 cm³/mol. The van der Waals surface area contributed by atoms with Crippen LogP contribution in [0.3, 0.4) is 0 Å². The third kappa shape index (κ3) is 4.85. The van der Waals surface area contributed by atoms with Crippen molar-refractivity contribution in [2.75, 3.05) is 5.32 Å². The van der Waals surface area contributed by atoms with E-state index in [0.717, 1.165) is 10.9 Å². The summed E-state index contributed by atoms with van der Waals surface area (Å²) in [5, 5.41) is 3.45. The van der Waals surface area contributed by atoms with Gasteiger partial charge in [0, 0.05) is 21.5 Å². The first-order chi connectivity index (χ1) is 12.9. The second-order valence-corrected chi connectivity index (χ2v) is 6.77. The summed E-state index contributed by atoms with van der Waals surface area (Å²) in [4.78, 5) is 27.7. The number of ether oxygens (including phenoxy) is 1. The van der Waals surface area contributed by atoms with Gasteiger partial charge in [-0.25, -0.2) is 4.79 Å². The zero-order valence-corrected chi connectivity index (χ0v) is 15.1. The van der Waals surface area contributed by atoms with Crippen molar-refractivity contribution in [3.63, 3.8) is 0 Å². The van der Waals surface area contributed by atoms with Gasteiger partial charge in [0.05, 0.1) is 0 Å². The Morgan fingerprint density at radius 3 is 2.48 bits per heavy atom. The number of halogens is 2. The van der Waals surface area contributed by atoms with Gasteiger partial charge in [0.25, 0.3) is 11.7 Å². The summed E-state index contributed by atoms with van der Waals surface area (Å²) in [6.45, 7) is 1.46. The topological polar surface area (TPSA) is 71.2 Å². The minimum absolute atomic E-state index is 0.254. The molecular weight excluding hydrogens is 374 g/mol. The summed E-state index contributed by atoms with van der Waals surface area (Å²) < 4.78 is 29.8. The van der Waals surface area contributed by atoms with E-state index in [-0.39, 0.29) is 5.69 Å². The van der Waals surface area contributed by atoms with Crippen molar-refractivity contribution < 1.29 is 23.1 Å². The zero-order chi connectivity index (χ0) is 19.4. The number of aromatic amines is 1. The van der Waals surface area contributed by atoms with E-state index in [1.807, 2.05) is 24.3 Å². The van der Waals surface area contributed by atoms with Crippen molar-refractivity contribution in [1.29, 1.82) is 0 Å². The zero-order valence-electron chi connectivity index (χ0n) is 14.2. The van der Waals surface area contributed by atoms with Gasteiger partial charge in [-0.2, -0.15) is 8.78 Å². The van der Waals surface area contributed by atoms with Crippen LogP contribution in [0.2, 0.25) is 0 Å². The number of benzene rings is 2. The van der Waals surface area contributed by atoms with Crippen LogP contribution in [0.4, 0.5) is 14.5 Å². The van der Waals surface area contributed by atoms with Crippen LogP contribution in [0.15, 0.2) is 59.5 Å². The lowest BCUT2D eigenvalue weighted by atomic mass is 10.2. The highest BCUT2D eigenvalue weighted by Crippen LogP contribution is 2.26. The summed E-state index contributed by atoms with van der Waals surface area (Å²) in [5.74, 6) is -3.67. The summed E-state index contributed by atoms with van der Waals surface area (Å²) in [6.07, 6.45) is -1.03. The van der Waals surface area contributed by atoms with E-state index in [9.17, 15) is 18.4 Å². The Kier molecular flexibility index (Phi) is 5.75. The number of fused-ring (bicyclic) bond motifs is 1. The number of carbonyl (C=O) groups is 2. The molecule has 0 saturated heterocycles. The molecule has 0 aliphatic heterocycles. The normalized spacial score (nSPS) is 12.1. The molecular formula is C19H16F2N2O3S. The molecule has 2 N–H and O–H groups in total. The molecule has 2 aromatic carbocycles. The molecule has 8 heteroatoms. The Bertz CT molecular complexity index is 924. The van der Waals surface area contributed by atoms with Crippen LogP contribution in [0.5, 0.6) is 0 Å². The molecule has 0 saturated carbocycles. The number of aromatic nitrogens is 1. The van der Waals surface area contributed by atoms with Crippen LogP contribution in [-0.4, -0.2) is 28.7 Å². The largest absolute Gasteiger partial charge is 0.448 e. The highest BCUT2D eigenvalue weighted by molar-refractivity contribution is 7.99. The molecule has 1 atom stereocenters. The van der Waals surface area contributed by atoms with Crippen LogP contribution in [0.25, 0.3) is 10.9 Å². The number of anilines is 1. The molecule has 5 nitrogen and oxygen atoms in total. The van der Waals surface area contributed by atoms with Crippen LogP contribution >= 0.6 is 11.8 Å². The number of hydrogen-bond acceptors (Lipinski definition) is 4. The number of carbonyl (C=O) groups excluding carboxylic acids is 2. The maximum absolute atomic E-state index is 12.3. The summed E-state index contributed by atoms with van der Waals surface area (Å²) in [5.41, 5.74) is 1.47. The molecule has 0 fully saturated rings. The fraction of sp³-hybridized carbons (Fsp3) is 0.158. The van der Waals surface area contributed by atoms with Crippen molar-refractivity contribution in [3.05, 3.63) is 60.3 Å². The van der Waals surface area contributed by atoms with E-state index >= 15 is 0 Å². The number of alkyl halides is 2. The molecule has 0 aliphatic rings. The molecule has 140 valence electrons. The summed E-state index contributed by atoms with van der Waals surface area (Å²) in [7, 11) is 0. The average molecular weight is 390 g/mol. The molecule has 1 amide bonds. The van der Waals surface area contributed by atoms with Crippen LogP contribution in [-0.2, 0) is 9.53 Å². The molecule has 0 radical (unpaired) electrons. The lowest BCUT2D eigenvalue weighted by molar-refractivity contribution is -0.123. The van der Waals surface area contributed by atoms with Crippen molar-refractivity contribution in [2.24, 2.45) is 0 Å². The molecule has 3 rings (SSSR count). The van der Waals surface area contributed by atoms with E-state index in [0.29, 0.717) is 22.3 Å². The molecule has 1 heterocycles. The van der Waals surface area contributed by atoms with Crippen molar-refractivity contribution in [1.82, 2.24) is 4.98 Å². The molecule has 3 aromatic rings. The second-order valence-electron chi connectivity index (χ2n) is 5.71. The monoisotopic (exact) mass is 390 g/mol. The van der Waals surface area contributed by atoms with E-state index in [4.69, 9.17) is 4.74 Å². The number of rotatable bonds is 6. The van der Waals surface area contributed by atoms with E-state index in [1.54, 1.807) is 6.07 Å². The maximum atomic E-state index is 12.3. The fourth-order valence-electron chi connectivity index (χ4n) is 2.42. The van der Waals surface area contributed by atoms with Crippen molar-refractivity contribution >= 4 is 40.2 Å². The highest BCUT2D eigenvalue weighted by Gasteiger charge is 2.20. The Hall–Kier alpha value is -2.87. The number of H-pyrrole nitrogens is 1. The van der Waals surface area contributed by atoms with Gasteiger partial charge >= 0.3 is 5.97 Å². The van der Waals surface area contributed by atoms with Crippen LogP contribution in [0.1, 0.15) is 17.4 Å². The molecule has 1 aromatic heterocycles. The smallest absolute Gasteiger partial charge is 0.355 e. The SMILES string of the molecule is C[C@@H](OC(=O)c1cc2ccccc2[nH]1)C(=O)Nc1ccc(SC(F)F)cc1. The average Bonchev–Trinajstić information content (AvgIpc) is 3.07. The summed E-state index contributed by atoms with van der Waals surface area (Å²) >= 11 is 0.421. The minimum atomic E-state index is -2.51. The van der Waals surface area contributed by atoms with Crippen LogP contribution < -0.4 is 5.32 Å². The van der Waals surface area contributed by atoms with Crippen molar-refractivity contribution in [2.45, 2.75) is 23.7 Å². The van der Waals surface area contributed by atoms with Gasteiger partial charge in [-0.3, -0.25) is 4.79 Å². The highest BCUT2D eigenvalue weighted by atomic mass is 32.2. The Morgan fingerprint density at radius 2 is 1.81 bits per heavy atom. The predicted octanol–water partition coefficient (Wildman–Crippen LogP) is 4.67. The van der Waals surface area contributed by atoms with E-state index < -0.39 is 23.7 Å². The van der Waals surface area contributed by atoms with Gasteiger partial charge in [0.15, 0.2) is 6.10 Å². The van der Waals surface area contributed by atoms with Gasteiger partial charge < -0.3 is 15.0 Å². The molecule has 0 bridgehead atoms. The third-order valence-corrected chi connectivity index (χ3v) is 4.47. The maximum Gasteiger partial charge on any atom is 0.355 e. The first-order valence-electron chi connectivity index (χ1n) is 8.07. The van der Waals surface area contributed by atoms with Gasteiger partial charge in [-0.05, 0) is 43.3 Å². The molecule has 0 unspecified atom stereocenters. The molecule has 0 spiro atoms. The van der Waals surface area contributed by atoms with E-state index in [2.05, 4.69) is 10.3 Å². The summed E-state index contributed by atoms with van der Waals surface area (Å²) in [6, 6.07) is 15.0. The Labute approximate surface area is 158 Å². The van der Waals surface area contributed by atoms with Gasteiger partial charge in [0.1, 0.15) is 5.69 Å². The molecule has 27 heavy (non-hydrogen) atoms. The first kappa shape index (κ1) is 18.9. The first-order valence-corrected chi connectivity index (χ1v) is 8.95. The Balaban J connectivity index is 1.59. The van der Waals surface area contributed by atoms with Gasteiger partial charge in [-0.1, -0.05) is 30.0 Å². The molecule has 0 aliphatic carbocycles. The quantitative estimate of drug-likeness (QED) is 0.474. The van der Waals surface area contributed by atoms with Gasteiger partial charge in [-0.15, -0.1) is 0 Å². The Morgan fingerprint density at radius 1 is 1.11 bits per heavy atom. The minimum Gasteiger partial charge on any atom is -0.448 e. The van der Waals surface area contributed by atoms with Crippen molar-refractivity contribution in [3.8, 4) is 0 Å². The number of esters is 1. The standard InChI is InChI=1S/C19H16F2N2O3S/c1-11(17(24)22-13-6-8-14(9-7-13)27-19(20)21)26-18(25)16-10-12-4-2-3-5-15(12)23-16/h2-11,19,23H,1H3,(H,22,24)/t11-/m1/s1. The second kappa shape index (κ2) is 8.22.